The standard InChI is InChI=1S/C27H29N3O2/c1-19-7-4-8-23(16-19)26(31)28-24-9-5-10-25(17-24)30-12-6-11-29(27(30)32)18-22-14-20(2)13-21(3)15-22/h4-5,7-10,13-17H,6,11-12,18H2,1-3H3,(H,28,31). The van der Waals surface area contributed by atoms with Crippen LogP contribution in [0, 0.1) is 20.8 Å². The van der Waals surface area contributed by atoms with Gasteiger partial charge in [-0.15, -0.1) is 0 Å². The van der Waals surface area contributed by atoms with E-state index in [2.05, 4.69) is 37.4 Å². The molecular formula is C27H29N3O2. The summed E-state index contributed by atoms with van der Waals surface area (Å²) in [6.07, 6.45) is 0.899. The van der Waals surface area contributed by atoms with Gasteiger partial charge in [0, 0.05) is 36.6 Å². The van der Waals surface area contributed by atoms with Crippen LogP contribution in [0.5, 0.6) is 0 Å². The van der Waals surface area contributed by atoms with E-state index in [0.29, 0.717) is 24.3 Å². The zero-order chi connectivity index (χ0) is 22.7. The molecule has 164 valence electrons. The zero-order valence-electron chi connectivity index (χ0n) is 18.9. The summed E-state index contributed by atoms with van der Waals surface area (Å²) in [4.78, 5) is 29.6. The third-order valence-electron chi connectivity index (χ3n) is 5.66. The molecule has 0 spiro atoms. The lowest BCUT2D eigenvalue weighted by molar-refractivity contribution is 0.102. The predicted octanol–water partition coefficient (Wildman–Crippen LogP) is 5.70. The molecule has 32 heavy (non-hydrogen) atoms. The molecule has 1 aliphatic rings. The highest BCUT2D eigenvalue weighted by molar-refractivity contribution is 6.05. The highest BCUT2D eigenvalue weighted by atomic mass is 16.2. The lowest BCUT2D eigenvalue weighted by Crippen LogP contribution is -2.49. The number of anilines is 2. The minimum Gasteiger partial charge on any atom is -0.322 e. The van der Waals surface area contributed by atoms with Crippen molar-refractivity contribution in [3.05, 3.63) is 94.5 Å². The van der Waals surface area contributed by atoms with Gasteiger partial charge < -0.3 is 10.2 Å². The largest absolute Gasteiger partial charge is 0.324 e. The molecule has 3 amide bonds. The van der Waals surface area contributed by atoms with Crippen LogP contribution in [0.2, 0.25) is 0 Å². The van der Waals surface area contributed by atoms with E-state index in [1.807, 2.05) is 54.3 Å². The average Bonchev–Trinajstić information content (AvgIpc) is 2.75. The molecule has 0 aromatic heterocycles. The van der Waals surface area contributed by atoms with Crippen molar-refractivity contribution in [3.8, 4) is 0 Å². The monoisotopic (exact) mass is 427 g/mol. The summed E-state index contributed by atoms with van der Waals surface area (Å²) in [5, 5.41) is 2.95. The highest BCUT2D eigenvalue weighted by Crippen LogP contribution is 2.25. The third-order valence-corrected chi connectivity index (χ3v) is 5.66. The minimum atomic E-state index is -0.160. The second-order valence-electron chi connectivity index (χ2n) is 8.58. The molecule has 5 nitrogen and oxygen atoms in total. The van der Waals surface area contributed by atoms with Crippen LogP contribution in [0.1, 0.15) is 39.0 Å². The average molecular weight is 428 g/mol. The molecule has 1 N–H and O–H groups in total. The molecule has 0 bridgehead atoms. The van der Waals surface area contributed by atoms with E-state index < -0.39 is 0 Å². The Balaban J connectivity index is 1.49. The van der Waals surface area contributed by atoms with Crippen molar-refractivity contribution in [3.63, 3.8) is 0 Å². The van der Waals surface area contributed by atoms with Crippen molar-refractivity contribution < 1.29 is 9.59 Å². The number of rotatable bonds is 5. The van der Waals surface area contributed by atoms with Gasteiger partial charge in [0.1, 0.15) is 0 Å². The Hall–Kier alpha value is -3.60. The summed E-state index contributed by atoms with van der Waals surface area (Å²) in [5.74, 6) is -0.160. The molecule has 0 radical (unpaired) electrons. The molecular weight excluding hydrogens is 398 g/mol. The van der Waals surface area contributed by atoms with Crippen LogP contribution in [0.25, 0.3) is 0 Å². The summed E-state index contributed by atoms with van der Waals surface area (Å²) in [5.41, 5.74) is 6.68. The van der Waals surface area contributed by atoms with Crippen molar-refractivity contribution >= 4 is 23.3 Å². The number of hydrogen-bond donors (Lipinski definition) is 1. The van der Waals surface area contributed by atoms with Crippen molar-refractivity contribution in [1.82, 2.24) is 4.90 Å². The molecule has 0 aliphatic carbocycles. The van der Waals surface area contributed by atoms with Crippen molar-refractivity contribution in [2.24, 2.45) is 0 Å². The fraction of sp³-hybridized carbons (Fsp3) is 0.259. The van der Waals surface area contributed by atoms with Gasteiger partial charge in [-0.2, -0.15) is 0 Å². The zero-order valence-corrected chi connectivity index (χ0v) is 18.9. The molecule has 1 heterocycles. The van der Waals surface area contributed by atoms with E-state index in [-0.39, 0.29) is 11.9 Å². The van der Waals surface area contributed by atoms with Crippen LogP contribution in [-0.4, -0.2) is 29.9 Å². The highest BCUT2D eigenvalue weighted by Gasteiger charge is 2.27. The summed E-state index contributed by atoms with van der Waals surface area (Å²) in [6, 6.07) is 21.4. The maximum absolute atomic E-state index is 13.3. The van der Waals surface area contributed by atoms with Crippen LogP contribution < -0.4 is 10.2 Å². The first-order chi connectivity index (χ1) is 15.4. The van der Waals surface area contributed by atoms with Gasteiger partial charge >= 0.3 is 6.03 Å². The Bertz CT molecular complexity index is 1130. The Morgan fingerprint density at radius 3 is 2.38 bits per heavy atom. The molecule has 1 aliphatic heterocycles. The number of aryl methyl sites for hydroxylation is 3. The Morgan fingerprint density at radius 2 is 1.62 bits per heavy atom. The van der Waals surface area contributed by atoms with Gasteiger partial charge in [-0.3, -0.25) is 9.69 Å². The van der Waals surface area contributed by atoms with Gasteiger partial charge in [0.15, 0.2) is 0 Å². The van der Waals surface area contributed by atoms with Gasteiger partial charge in [0.25, 0.3) is 5.91 Å². The summed E-state index contributed by atoms with van der Waals surface area (Å²) < 4.78 is 0. The third kappa shape index (κ3) is 4.99. The number of nitrogens with zero attached hydrogens (tertiary/aromatic N) is 2. The molecule has 1 fully saturated rings. The normalized spacial score (nSPS) is 13.9. The summed E-state index contributed by atoms with van der Waals surface area (Å²) in [6.45, 7) is 8.13. The van der Waals surface area contributed by atoms with E-state index in [1.165, 1.54) is 11.1 Å². The topological polar surface area (TPSA) is 52.6 Å². The number of benzene rings is 3. The first-order valence-electron chi connectivity index (χ1n) is 11.0. The first kappa shape index (κ1) is 21.6. The molecule has 0 saturated carbocycles. The molecule has 0 unspecified atom stereocenters. The smallest absolute Gasteiger partial charge is 0.322 e. The first-order valence-corrected chi connectivity index (χ1v) is 11.0. The number of carbonyl (C=O) groups is 2. The van der Waals surface area contributed by atoms with Crippen molar-refractivity contribution in [1.29, 1.82) is 0 Å². The lowest BCUT2D eigenvalue weighted by atomic mass is 10.1. The number of hydrogen-bond acceptors (Lipinski definition) is 2. The van der Waals surface area contributed by atoms with Crippen molar-refractivity contribution in [2.45, 2.75) is 33.7 Å². The van der Waals surface area contributed by atoms with Crippen LogP contribution in [0.4, 0.5) is 16.2 Å². The Labute approximate surface area is 189 Å². The second-order valence-corrected chi connectivity index (χ2v) is 8.58. The molecule has 3 aromatic carbocycles. The molecule has 0 atom stereocenters. The molecule has 1 saturated heterocycles. The van der Waals surface area contributed by atoms with Gasteiger partial charge in [-0.1, -0.05) is 53.1 Å². The predicted molar refractivity (Wildman–Crippen MR) is 129 cm³/mol. The van der Waals surface area contributed by atoms with Crippen LogP contribution in [-0.2, 0) is 6.54 Å². The lowest BCUT2D eigenvalue weighted by Gasteiger charge is -2.36. The molecule has 3 aromatic rings. The fourth-order valence-electron chi connectivity index (χ4n) is 4.29. The van der Waals surface area contributed by atoms with E-state index in [4.69, 9.17) is 0 Å². The van der Waals surface area contributed by atoms with E-state index >= 15 is 0 Å². The number of amides is 3. The van der Waals surface area contributed by atoms with Crippen LogP contribution in [0.15, 0.2) is 66.7 Å². The van der Waals surface area contributed by atoms with Crippen LogP contribution >= 0.6 is 0 Å². The molecule has 5 heteroatoms. The quantitative estimate of drug-likeness (QED) is 0.568. The van der Waals surface area contributed by atoms with E-state index in [9.17, 15) is 9.59 Å². The number of nitrogens with one attached hydrogen (secondary N) is 1. The van der Waals surface area contributed by atoms with E-state index in [1.54, 1.807) is 11.0 Å². The summed E-state index contributed by atoms with van der Waals surface area (Å²) >= 11 is 0. The SMILES string of the molecule is Cc1cc(C)cc(CN2CCCN(c3cccc(NC(=O)c4cccc(C)c4)c3)C2=O)c1. The maximum atomic E-state index is 13.3. The van der Waals surface area contributed by atoms with Crippen LogP contribution in [0.3, 0.4) is 0 Å². The molecule has 4 rings (SSSR count). The maximum Gasteiger partial charge on any atom is 0.324 e. The number of urea groups is 1. The Morgan fingerprint density at radius 1 is 0.875 bits per heavy atom. The van der Waals surface area contributed by atoms with Gasteiger partial charge in [0.2, 0.25) is 0 Å². The van der Waals surface area contributed by atoms with Crippen molar-refractivity contribution in [2.75, 3.05) is 23.3 Å². The summed E-state index contributed by atoms with van der Waals surface area (Å²) in [7, 11) is 0. The second kappa shape index (κ2) is 9.27. The minimum absolute atomic E-state index is 0.00225. The van der Waals surface area contributed by atoms with Gasteiger partial charge in [-0.25, -0.2) is 4.79 Å². The Kier molecular flexibility index (Phi) is 6.26. The van der Waals surface area contributed by atoms with E-state index in [0.717, 1.165) is 29.8 Å². The van der Waals surface area contributed by atoms with Gasteiger partial charge in [0.05, 0.1) is 0 Å². The van der Waals surface area contributed by atoms with Gasteiger partial charge in [-0.05, 0) is 63.1 Å². The number of carbonyl (C=O) groups excluding carboxylic acids is 2. The fourth-order valence-corrected chi connectivity index (χ4v) is 4.29.